The Hall–Kier alpha value is -2.08. The molecule has 0 aromatic heterocycles. The zero-order chi connectivity index (χ0) is 17.7. The van der Waals surface area contributed by atoms with Crippen molar-refractivity contribution in [3.8, 4) is 5.75 Å². The van der Waals surface area contributed by atoms with Crippen LogP contribution in [0.3, 0.4) is 0 Å². The maximum Gasteiger partial charge on any atom is 0.279 e. The normalized spacial score (nSPS) is 18.8. The number of benzene rings is 1. The number of amides is 2. The predicted octanol–water partition coefficient (Wildman–Crippen LogP) is 2.08. The van der Waals surface area contributed by atoms with E-state index in [9.17, 15) is 9.59 Å². The van der Waals surface area contributed by atoms with E-state index in [0.717, 1.165) is 12.0 Å². The average molecular weight is 334 g/mol. The van der Waals surface area contributed by atoms with E-state index < -0.39 is 18.1 Å². The summed E-state index contributed by atoms with van der Waals surface area (Å²) in [5.41, 5.74) is 5.89. The minimum Gasteiger partial charge on any atom is -0.481 e. The number of nitrogens with one attached hydrogen (secondary N) is 2. The highest BCUT2D eigenvalue weighted by molar-refractivity contribution is 5.86. The van der Waals surface area contributed by atoms with Crippen molar-refractivity contribution in [1.82, 2.24) is 10.9 Å². The zero-order valence-electron chi connectivity index (χ0n) is 14.7. The molecule has 2 unspecified atom stereocenters. The molecule has 1 fully saturated rings. The molecule has 1 aliphatic heterocycles. The second-order valence-corrected chi connectivity index (χ2v) is 7.02. The third kappa shape index (κ3) is 4.96. The Morgan fingerprint density at radius 1 is 1.29 bits per heavy atom. The standard InChI is InChI=1S/C18H26N2O4/c1-12(16(21)19-20-17(22)15-9-6-10-23-15)24-14-8-5-7-13(11-14)18(2,3)4/h5,7-8,11-12,15H,6,9-10H2,1-4H3,(H,19,21)(H,20,22). The number of hydrogen-bond acceptors (Lipinski definition) is 4. The first-order valence-corrected chi connectivity index (χ1v) is 8.26. The van der Waals surface area contributed by atoms with E-state index in [1.807, 2.05) is 24.3 Å². The van der Waals surface area contributed by atoms with Crippen molar-refractivity contribution >= 4 is 11.8 Å². The summed E-state index contributed by atoms with van der Waals surface area (Å²) in [7, 11) is 0. The molecule has 1 aliphatic rings. The van der Waals surface area contributed by atoms with E-state index in [-0.39, 0.29) is 11.3 Å². The fraction of sp³-hybridized carbons (Fsp3) is 0.556. The Kier molecular flexibility index (Phi) is 5.83. The van der Waals surface area contributed by atoms with E-state index in [2.05, 4.69) is 31.6 Å². The zero-order valence-corrected chi connectivity index (χ0v) is 14.7. The highest BCUT2D eigenvalue weighted by Crippen LogP contribution is 2.26. The van der Waals surface area contributed by atoms with Crippen LogP contribution in [0.1, 0.15) is 46.1 Å². The fourth-order valence-electron chi connectivity index (χ4n) is 2.38. The summed E-state index contributed by atoms with van der Waals surface area (Å²) in [6.45, 7) is 8.56. The summed E-state index contributed by atoms with van der Waals surface area (Å²) < 4.78 is 10.9. The first-order chi connectivity index (χ1) is 11.3. The SMILES string of the molecule is CC(Oc1cccc(C(C)(C)C)c1)C(=O)NNC(=O)C1CCCO1. The molecule has 0 bridgehead atoms. The van der Waals surface area contributed by atoms with Gasteiger partial charge in [-0.15, -0.1) is 0 Å². The van der Waals surface area contributed by atoms with Crippen molar-refractivity contribution in [3.05, 3.63) is 29.8 Å². The summed E-state index contributed by atoms with van der Waals surface area (Å²) in [6.07, 6.45) is 0.318. The van der Waals surface area contributed by atoms with Gasteiger partial charge >= 0.3 is 0 Å². The van der Waals surface area contributed by atoms with Crippen LogP contribution in [0, 0.1) is 0 Å². The van der Waals surface area contributed by atoms with Crippen molar-refractivity contribution in [2.45, 2.75) is 58.2 Å². The van der Waals surface area contributed by atoms with Gasteiger partial charge in [0.05, 0.1) is 0 Å². The van der Waals surface area contributed by atoms with Crippen molar-refractivity contribution < 1.29 is 19.1 Å². The lowest BCUT2D eigenvalue weighted by atomic mass is 9.87. The summed E-state index contributed by atoms with van der Waals surface area (Å²) >= 11 is 0. The van der Waals surface area contributed by atoms with Crippen molar-refractivity contribution in [2.75, 3.05) is 6.61 Å². The van der Waals surface area contributed by atoms with Gasteiger partial charge in [-0.05, 0) is 42.9 Å². The van der Waals surface area contributed by atoms with Crippen LogP contribution in [0.25, 0.3) is 0 Å². The molecule has 1 saturated heterocycles. The van der Waals surface area contributed by atoms with Crippen LogP contribution in [-0.4, -0.2) is 30.6 Å². The lowest BCUT2D eigenvalue weighted by Crippen LogP contribution is -2.50. The van der Waals surface area contributed by atoms with E-state index in [4.69, 9.17) is 9.47 Å². The Morgan fingerprint density at radius 2 is 2.04 bits per heavy atom. The van der Waals surface area contributed by atoms with Crippen molar-refractivity contribution in [2.24, 2.45) is 0 Å². The number of ether oxygens (including phenoxy) is 2. The maximum atomic E-state index is 12.1. The summed E-state index contributed by atoms with van der Waals surface area (Å²) in [5.74, 6) is -0.124. The highest BCUT2D eigenvalue weighted by atomic mass is 16.5. The first kappa shape index (κ1) is 18.3. The molecule has 132 valence electrons. The molecule has 0 saturated carbocycles. The van der Waals surface area contributed by atoms with Gasteiger partial charge < -0.3 is 9.47 Å². The van der Waals surface area contributed by atoms with Gasteiger partial charge in [0.15, 0.2) is 6.10 Å². The van der Waals surface area contributed by atoms with Gasteiger partial charge in [0.2, 0.25) is 0 Å². The van der Waals surface area contributed by atoms with Crippen LogP contribution in [0.2, 0.25) is 0 Å². The molecule has 1 aromatic carbocycles. The monoisotopic (exact) mass is 334 g/mol. The molecular weight excluding hydrogens is 308 g/mol. The van der Waals surface area contributed by atoms with Gasteiger partial charge in [-0.3, -0.25) is 20.4 Å². The second-order valence-electron chi connectivity index (χ2n) is 7.02. The maximum absolute atomic E-state index is 12.1. The van der Waals surface area contributed by atoms with Gasteiger partial charge in [0.1, 0.15) is 11.9 Å². The molecule has 0 radical (unpaired) electrons. The first-order valence-electron chi connectivity index (χ1n) is 8.26. The molecule has 2 atom stereocenters. The van der Waals surface area contributed by atoms with Crippen LogP contribution in [0.4, 0.5) is 0 Å². The topological polar surface area (TPSA) is 76.7 Å². The van der Waals surface area contributed by atoms with Gasteiger partial charge in [-0.25, -0.2) is 0 Å². The lowest BCUT2D eigenvalue weighted by Gasteiger charge is -2.21. The Balaban J connectivity index is 1.86. The number of rotatable bonds is 4. The molecular formula is C18H26N2O4. The molecule has 2 N–H and O–H groups in total. The van der Waals surface area contributed by atoms with Gasteiger partial charge in [0.25, 0.3) is 11.8 Å². The van der Waals surface area contributed by atoms with Crippen LogP contribution in [-0.2, 0) is 19.7 Å². The molecule has 6 nitrogen and oxygen atoms in total. The number of carbonyl (C=O) groups excluding carboxylic acids is 2. The van der Waals surface area contributed by atoms with Crippen molar-refractivity contribution in [1.29, 1.82) is 0 Å². The van der Waals surface area contributed by atoms with Crippen LogP contribution in [0.5, 0.6) is 5.75 Å². The van der Waals surface area contributed by atoms with Crippen molar-refractivity contribution in [3.63, 3.8) is 0 Å². The summed E-state index contributed by atoms with van der Waals surface area (Å²) in [5, 5.41) is 0. The van der Waals surface area contributed by atoms with E-state index >= 15 is 0 Å². The molecule has 1 heterocycles. The second kappa shape index (κ2) is 7.66. The Bertz CT molecular complexity index is 589. The number of hydrogen-bond donors (Lipinski definition) is 2. The molecule has 1 aromatic rings. The minimum atomic E-state index is -0.731. The summed E-state index contributed by atoms with van der Waals surface area (Å²) in [6, 6.07) is 7.66. The van der Waals surface area contributed by atoms with Crippen LogP contribution >= 0.6 is 0 Å². The number of hydrazine groups is 1. The average Bonchev–Trinajstić information content (AvgIpc) is 3.06. The van der Waals surface area contributed by atoms with E-state index in [1.165, 1.54) is 0 Å². The molecule has 2 amide bonds. The fourth-order valence-corrected chi connectivity index (χ4v) is 2.38. The third-order valence-electron chi connectivity index (χ3n) is 3.91. The largest absolute Gasteiger partial charge is 0.481 e. The van der Waals surface area contributed by atoms with Gasteiger partial charge in [0, 0.05) is 6.61 Å². The molecule has 0 spiro atoms. The third-order valence-corrected chi connectivity index (χ3v) is 3.91. The minimum absolute atomic E-state index is 0.000123. The quantitative estimate of drug-likeness (QED) is 0.827. The lowest BCUT2D eigenvalue weighted by molar-refractivity contribution is -0.137. The highest BCUT2D eigenvalue weighted by Gasteiger charge is 2.24. The molecule has 6 heteroatoms. The van der Waals surface area contributed by atoms with Gasteiger partial charge in [-0.2, -0.15) is 0 Å². The number of carbonyl (C=O) groups is 2. The van der Waals surface area contributed by atoms with E-state index in [0.29, 0.717) is 18.8 Å². The molecule has 2 rings (SSSR count). The smallest absolute Gasteiger partial charge is 0.279 e. The van der Waals surface area contributed by atoms with Crippen LogP contribution < -0.4 is 15.6 Å². The Morgan fingerprint density at radius 3 is 2.67 bits per heavy atom. The molecule has 24 heavy (non-hydrogen) atoms. The Labute approximate surface area is 142 Å². The van der Waals surface area contributed by atoms with Crippen LogP contribution in [0.15, 0.2) is 24.3 Å². The molecule has 0 aliphatic carbocycles. The van der Waals surface area contributed by atoms with Gasteiger partial charge in [-0.1, -0.05) is 32.9 Å². The predicted molar refractivity (Wildman–Crippen MR) is 90.5 cm³/mol. The van der Waals surface area contributed by atoms with E-state index in [1.54, 1.807) is 6.92 Å². The summed E-state index contributed by atoms with van der Waals surface area (Å²) in [4.78, 5) is 23.9.